The van der Waals surface area contributed by atoms with Crippen molar-refractivity contribution in [3.63, 3.8) is 0 Å². The van der Waals surface area contributed by atoms with Crippen LogP contribution in [0.1, 0.15) is 12.5 Å². The van der Waals surface area contributed by atoms with Crippen molar-refractivity contribution in [2.45, 2.75) is 6.92 Å². The minimum atomic E-state index is -3.38. The van der Waals surface area contributed by atoms with E-state index < -0.39 is 10.0 Å². The molecule has 0 amide bonds. The third kappa shape index (κ3) is 6.83. The summed E-state index contributed by atoms with van der Waals surface area (Å²) in [6.07, 6.45) is 1.62. The molecule has 1 aromatic rings. The van der Waals surface area contributed by atoms with E-state index >= 15 is 0 Å². The van der Waals surface area contributed by atoms with Gasteiger partial charge in [-0.1, -0.05) is 37.3 Å². The van der Waals surface area contributed by atoms with E-state index in [0.717, 1.165) is 38.3 Å². The van der Waals surface area contributed by atoms with E-state index in [1.807, 2.05) is 30.3 Å². The summed E-state index contributed by atoms with van der Waals surface area (Å²) in [4.78, 5) is 4.72. The van der Waals surface area contributed by atoms with Crippen molar-refractivity contribution in [1.29, 1.82) is 0 Å². The fourth-order valence-corrected chi connectivity index (χ4v) is 3.52. The Morgan fingerprint density at radius 1 is 1.17 bits per heavy atom. The van der Waals surface area contributed by atoms with E-state index in [4.69, 9.17) is 0 Å². The molecule has 1 heterocycles. The molecule has 2 rings (SSSR count). The van der Waals surface area contributed by atoms with Crippen LogP contribution in [-0.2, 0) is 10.0 Å². The topological polar surface area (TPSA) is 52.7 Å². The Labute approximate surface area is 140 Å². The van der Waals surface area contributed by atoms with Gasteiger partial charge in [0.1, 0.15) is 0 Å². The summed E-state index contributed by atoms with van der Waals surface area (Å²) in [5, 5.41) is 1.24. The second-order valence-corrected chi connectivity index (χ2v) is 7.97. The highest BCUT2D eigenvalue weighted by Gasteiger charge is 2.17. The summed E-state index contributed by atoms with van der Waals surface area (Å²) in [6.45, 7) is 7.76. The van der Waals surface area contributed by atoms with Crippen LogP contribution in [0.15, 0.2) is 35.7 Å². The number of hydrogen-bond acceptors (Lipinski definition) is 4. The first-order valence-corrected chi connectivity index (χ1v) is 9.63. The fourth-order valence-electron chi connectivity index (χ4n) is 2.57. The maximum Gasteiger partial charge on any atom is 0.233 e. The molecule has 6 heteroatoms. The van der Waals surface area contributed by atoms with Crippen molar-refractivity contribution in [2.24, 2.45) is 5.92 Å². The third-order valence-corrected chi connectivity index (χ3v) is 5.10. The number of hydrogen-bond donors (Lipinski definition) is 1. The van der Waals surface area contributed by atoms with Gasteiger partial charge in [0.25, 0.3) is 0 Å². The average molecular weight is 337 g/mol. The maximum absolute atomic E-state index is 12.0. The lowest BCUT2D eigenvalue weighted by Gasteiger charge is -2.33. The molecule has 1 saturated heterocycles. The summed E-state index contributed by atoms with van der Waals surface area (Å²) in [7, 11) is -1.25. The fraction of sp³-hybridized carbons (Fsp3) is 0.529. The summed E-state index contributed by atoms with van der Waals surface area (Å²) in [5.41, 5.74) is 0.878. The van der Waals surface area contributed by atoms with Crippen LogP contribution in [0, 0.1) is 5.92 Å². The zero-order valence-electron chi connectivity index (χ0n) is 14.0. The Balaban J connectivity index is 1.76. The molecule has 0 aliphatic carbocycles. The van der Waals surface area contributed by atoms with Crippen molar-refractivity contribution in [3.8, 4) is 0 Å². The second-order valence-electron chi connectivity index (χ2n) is 6.32. The first-order chi connectivity index (χ1) is 10.9. The standard InChI is InChI=1S/C17H27N3O2S/c1-16(15-20-11-9-19(2)10-12-20)14-18-23(21,22)13-8-17-6-4-3-5-7-17/h3-8,13,16,18H,9-12,14-15H2,1-2H3/b13-8+/t16-/m1/s1. The van der Waals surface area contributed by atoms with E-state index in [1.54, 1.807) is 6.08 Å². The molecule has 1 fully saturated rings. The van der Waals surface area contributed by atoms with Crippen molar-refractivity contribution in [2.75, 3.05) is 46.3 Å². The number of nitrogens with zero attached hydrogens (tertiary/aromatic N) is 2. The van der Waals surface area contributed by atoms with Crippen LogP contribution in [0.2, 0.25) is 0 Å². The number of piperazine rings is 1. The summed E-state index contributed by atoms with van der Waals surface area (Å²) >= 11 is 0. The molecular formula is C17H27N3O2S. The van der Waals surface area contributed by atoms with E-state index in [9.17, 15) is 8.42 Å². The highest BCUT2D eigenvalue weighted by Crippen LogP contribution is 2.06. The second kappa shape index (κ2) is 8.59. The lowest BCUT2D eigenvalue weighted by Crippen LogP contribution is -2.46. The molecule has 0 aromatic heterocycles. The van der Waals surface area contributed by atoms with Crippen LogP contribution >= 0.6 is 0 Å². The third-order valence-electron chi connectivity index (χ3n) is 4.04. The summed E-state index contributed by atoms with van der Waals surface area (Å²) < 4.78 is 26.7. The molecule has 1 atom stereocenters. The lowest BCUT2D eigenvalue weighted by atomic mass is 10.1. The van der Waals surface area contributed by atoms with Crippen molar-refractivity contribution < 1.29 is 8.42 Å². The SMILES string of the molecule is C[C@H](CNS(=O)(=O)/C=C/c1ccccc1)CN1CCN(C)CC1. The molecule has 0 bridgehead atoms. The Hall–Kier alpha value is -1.21. The smallest absolute Gasteiger partial charge is 0.233 e. The Kier molecular flexibility index (Phi) is 6.77. The van der Waals surface area contributed by atoms with Gasteiger partial charge in [-0.25, -0.2) is 13.1 Å². The van der Waals surface area contributed by atoms with Crippen molar-refractivity contribution >= 4 is 16.1 Å². The molecular weight excluding hydrogens is 310 g/mol. The molecule has 0 saturated carbocycles. The molecule has 1 N–H and O–H groups in total. The maximum atomic E-state index is 12.0. The average Bonchev–Trinajstić information content (AvgIpc) is 2.55. The summed E-state index contributed by atoms with van der Waals surface area (Å²) in [6, 6.07) is 9.43. The van der Waals surface area contributed by atoms with Gasteiger partial charge in [0.05, 0.1) is 0 Å². The quantitative estimate of drug-likeness (QED) is 0.818. The molecule has 0 radical (unpaired) electrons. The van der Waals surface area contributed by atoms with Gasteiger partial charge < -0.3 is 9.80 Å². The first-order valence-electron chi connectivity index (χ1n) is 8.08. The van der Waals surface area contributed by atoms with Crippen molar-refractivity contribution in [1.82, 2.24) is 14.5 Å². The highest BCUT2D eigenvalue weighted by atomic mass is 32.2. The van der Waals surface area contributed by atoms with Crippen LogP contribution in [-0.4, -0.2) is 64.5 Å². The number of benzene rings is 1. The predicted molar refractivity (Wildman–Crippen MR) is 95.5 cm³/mol. The van der Waals surface area contributed by atoms with Gasteiger partial charge >= 0.3 is 0 Å². The zero-order chi connectivity index (χ0) is 16.7. The Bertz CT molecular complexity index is 594. The molecule has 1 aliphatic heterocycles. The van der Waals surface area contributed by atoms with E-state index in [1.165, 1.54) is 5.41 Å². The van der Waals surface area contributed by atoms with E-state index in [2.05, 4.69) is 28.5 Å². The van der Waals surface area contributed by atoms with Gasteiger partial charge in [-0.3, -0.25) is 0 Å². The molecule has 1 aromatic carbocycles. The monoisotopic (exact) mass is 337 g/mol. The van der Waals surface area contributed by atoms with Crippen LogP contribution in [0.3, 0.4) is 0 Å². The molecule has 0 spiro atoms. The normalized spacial score (nSPS) is 19.2. The molecule has 23 heavy (non-hydrogen) atoms. The lowest BCUT2D eigenvalue weighted by molar-refractivity contribution is 0.139. The van der Waals surface area contributed by atoms with Gasteiger partial charge in [-0.15, -0.1) is 0 Å². The number of sulfonamides is 1. The van der Waals surface area contributed by atoms with Gasteiger partial charge in [0.15, 0.2) is 0 Å². The van der Waals surface area contributed by atoms with Gasteiger partial charge in [0, 0.05) is 44.7 Å². The van der Waals surface area contributed by atoms with Crippen LogP contribution in [0.25, 0.3) is 6.08 Å². The molecule has 128 valence electrons. The number of rotatable bonds is 7. The first kappa shape index (κ1) is 18.1. The van der Waals surface area contributed by atoms with Crippen molar-refractivity contribution in [3.05, 3.63) is 41.3 Å². The molecule has 1 aliphatic rings. The largest absolute Gasteiger partial charge is 0.304 e. The zero-order valence-corrected chi connectivity index (χ0v) is 14.8. The van der Waals surface area contributed by atoms with Gasteiger partial charge in [0.2, 0.25) is 10.0 Å². The van der Waals surface area contributed by atoms with Crippen LogP contribution in [0.4, 0.5) is 0 Å². The minimum Gasteiger partial charge on any atom is -0.304 e. The van der Waals surface area contributed by atoms with Gasteiger partial charge in [-0.05, 0) is 24.6 Å². The predicted octanol–water partition coefficient (Wildman–Crippen LogP) is 1.46. The van der Waals surface area contributed by atoms with E-state index in [0.29, 0.717) is 12.5 Å². The van der Waals surface area contributed by atoms with E-state index in [-0.39, 0.29) is 0 Å². The number of nitrogens with one attached hydrogen (secondary N) is 1. The molecule has 0 unspecified atom stereocenters. The van der Waals surface area contributed by atoms with Gasteiger partial charge in [-0.2, -0.15) is 0 Å². The van der Waals surface area contributed by atoms with Crippen LogP contribution in [0.5, 0.6) is 0 Å². The minimum absolute atomic E-state index is 0.290. The highest BCUT2D eigenvalue weighted by molar-refractivity contribution is 7.92. The Morgan fingerprint density at radius 2 is 1.83 bits per heavy atom. The Morgan fingerprint density at radius 3 is 2.48 bits per heavy atom. The molecule has 5 nitrogen and oxygen atoms in total. The summed E-state index contributed by atoms with van der Waals surface area (Å²) in [5.74, 6) is 0.290. The number of likely N-dealkylation sites (N-methyl/N-ethyl adjacent to an activating group) is 1. The van der Waals surface area contributed by atoms with Crippen LogP contribution < -0.4 is 4.72 Å².